The molecule has 1 heterocycles. The van der Waals surface area contributed by atoms with Crippen molar-refractivity contribution in [3.05, 3.63) is 0 Å². The molecule has 0 bridgehead atoms. The molecule has 1 rings (SSSR count). The van der Waals surface area contributed by atoms with Gasteiger partial charge in [0.1, 0.15) is 0 Å². The highest BCUT2D eigenvalue weighted by Crippen LogP contribution is 2.28. The molecule has 3 nitrogen and oxygen atoms in total. The maximum atomic E-state index is 5.14. The Kier molecular flexibility index (Phi) is 4.77. The molecule has 1 fully saturated rings. The lowest BCUT2D eigenvalue weighted by atomic mass is 10.1. The number of likely N-dealkylation sites (N-methyl/N-ethyl adjacent to an activating group) is 1. The highest BCUT2D eigenvalue weighted by molar-refractivity contribution is 4.93. The van der Waals surface area contributed by atoms with Gasteiger partial charge in [-0.3, -0.25) is 9.80 Å². The molecule has 1 aliphatic rings. The summed E-state index contributed by atoms with van der Waals surface area (Å²) in [5, 5.41) is 0. The largest absolute Gasteiger partial charge is 0.383 e. The number of ether oxygens (including phenoxy) is 1. The first-order chi connectivity index (χ1) is 7.36. The first-order valence-corrected chi connectivity index (χ1v) is 6.32. The monoisotopic (exact) mass is 228 g/mol. The summed E-state index contributed by atoms with van der Waals surface area (Å²) in [6, 6.07) is 1.37. The molecular formula is C13H28N2O. The van der Waals surface area contributed by atoms with E-state index in [2.05, 4.69) is 44.5 Å². The van der Waals surface area contributed by atoms with Gasteiger partial charge in [-0.1, -0.05) is 0 Å². The zero-order chi connectivity index (χ0) is 12.3. The van der Waals surface area contributed by atoms with E-state index in [4.69, 9.17) is 4.74 Å². The van der Waals surface area contributed by atoms with Gasteiger partial charge in [0.25, 0.3) is 0 Å². The zero-order valence-electron chi connectivity index (χ0n) is 11.8. The molecule has 0 aromatic rings. The summed E-state index contributed by atoms with van der Waals surface area (Å²) in [5.41, 5.74) is 0.288. The van der Waals surface area contributed by atoms with E-state index in [1.807, 2.05) is 0 Å². The predicted octanol–water partition coefficient (Wildman–Crippen LogP) is 1.83. The molecule has 16 heavy (non-hydrogen) atoms. The highest BCUT2D eigenvalue weighted by atomic mass is 16.5. The molecule has 0 saturated carbocycles. The lowest BCUT2D eigenvalue weighted by Gasteiger charge is -2.35. The van der Waals surface area contributed by atoms with E-state index in [0.29, 0.717) is 12.1 Å². The Morgan fingerprint density at radius 3 is 2.44 bits per heavy atom. The van der Waals surface area contributed by atoms with Crippen molar-refractivity contribution < 1.29 is 4.74 Å². The van der Waals surface area contributed by atoms with Crippen molar-refractivity contribution in [1.82, 2.24) is 9.80 Å². The Labute approximate surface area is 101 Å². The van der Waals surface area contributed by atoms with Crippen LogP contribution >= 0.6 is 0 Å². The summed E-state index contributed by atoms with van der Waals surface area (Å²) in [5.74, 6) is 0. The van der Waals surface area contributed by atoms with Crippen LogP contribution in [-0.4, -0.2) is 61.3 Å². The summed E-state index contributed by atoms with van der Waals surface area (Å²) >= 11 is 0. The molecule has 96 valence electrons. The molecular weight excluding hydrogens is 200 g/mol. The second-order valence-electron chi connectivity index (χ2n) is 6.04. The van der Waals surface area contributed by atoms with Gasteiger partial charge < -0.3 is 4.74 Å². The van der Waals surface area contributed by atoms with Gasteiger partial charge in [0.2, 0.25) is 0 Å². The summed E-state index contributed by atoms with van der Waals surface area (Å²) in [6.45, 7) is 12.3. The molecule has 1 saturated heterocycles. The lowest BCUT2D eigenvalue weighted by molar-refractivity contribution is 0.111. The molecule has 1 aliphatic heterocycles. The van der Waals surface area contributed by atoms with Crippen molar-refractivity contribution >= 4 is 0 Å². The summed E-state index contributed by atoms with van der Waals surface area (Å²) < 4.78 is 5.14. The van der Waals surface area contributed by atoms with Gasteiger partial charge >= 0.3 is 0 Å². The average Bonchev–Trinajstić information content (AvgIpc) is 2.56. The van der Waals surface area contributed by atoms with Crippen LogP contribution in [0.5, 0.6) is 0 Å². The van der Waals surface area contributed by atoms with Crippen molar-refractivity contribution in [2.75, 3.05) is 33.9 Å². The Bertz CT molecular complexity index is 212. The molecule has 0 aliphatic carbocycles. The first-order valence-electron chi connectivity index (χ1n) is 6.32. The minimum Gasteiger partial charge on any atom is -0.383 e. The minimum absolute atomic E-state index is 0.288. The van der Waals surface area contributed by atoms with Crippen molar-refractivity contribution in [2.45, 2.75) is 51.7 Å². The van der Waals surface area contributed by atoms with Crippen LogP contribution < -0.4 is 0 Å². The average molecular weight is 228 g/mol. The fourth-order valence-corrected chi connectivity index (χ4v) is 2.67. The van der Waals surface area contributed by atoms with Gasteiger partial charge in [0.05, 0.1) is 6.61 Å². The number of likely N-dealkylation sites (tertiary alicyclic amines) is 1. The van der Waals surface area contributed by atoms with Crippen molar-refractivity contribution in [1.29, 1.82) is 0 Å². The van der Waals surface area contributed by atoms with E-state index in [9.17, 15) is 0 Å². The second-order valence-corrected chi connectivity index (χ2v) is 6.04. The lowest BCUT2D eigenvalue weighted by Crippen LogP contribution is -2.45. The van der Waals surface area contributed by atoms with Crippen molar-refractivity contribution in [3.8, 4) is 0 Å². The van der Waals surface area contributed by atoms with E-state index in [-0.39, 0.29) is 5.54 Å². The van der Waals surface area contributed by atoms with Gasteiger partial charge in [-0.2, -0.15) is 0 Å². The number of hydrogen-bond acceptors (Lipinski definition) is 3. The fourth-order valence-electron chi connectivity index (χ4n) is 2.67. The van der Waals surface area contributed by atoms with E-state index >= 15 is 0 Å². The molecule has 2 atom stereocenters. The van der Waals surface area contributed by atoms with Crippen LogP contribution in [0.25, 0.3) is 0 Å². The van der Waals surface area contributed by atoms with Gasteiger partial charge in [-0.25, -0.2) is 0 Å². The van der Waals surface area contributed by atoms with E-state index in [1.165, 1.54) is 13.0 Å². The number of hydrogen-bond donors (Lipinski definition) is 0. The van der Waals surface area contributed by atoms with Crippen LogP contribution in [0.3, 0.4) is 0 Å². The second kappa shape index (κ2) is 5.48. The summed E-state index contributed by atoms with van der Waals surface area (Å²) in [4.78, 5) is 5.05. The molecule has 0 N–H and O–H groups in total. The SMILES string of the molecule is COCCN(C)[C@@H]1C[C@@H](C)N(C(C)(C)C)C1. The molecule has 0 aromatic carbocycles. The number of rotatable bonds is 4. The summed E-state index contributed by atoms with van der Waals surface area (Å²) in [6.07, 6.45) is 1.28. The Balaban J connectivity index is 2.49. The van der Waals surface area contributed by atoms with Gasteiger partial charge in [0.15, 0.2) is 0 Å². The molecule has 0 amide bonds. The van der Waals surface area contributed by atoms with Gasteiger partial charge in [-0.05, 0) is 41.2 Å². The van der Waals surface area contributed by atoms with Crippen LogP contribution in [0.4, 0.5) is 0 Å². The maximum Gasteiger partial charge on any atom is 0.0589 e. The first kappa shape index (κ1) is 13.9. The van der Waals surface area contributed by atoms with Crippen LogP contribution in [0.15, 0.2) is 0 Å². The van der Waals surface area contributed by atoms with Crippen molar-refractivity contribution in [3.63, 3.8) is 0 Å². The van der Waals surface area contributed by atoms with E-state index in [0.717, 1.165) is 13.2 Å². The third kappa shape index (κ3) is 3.44. The van der Waals surface area contributed by atoms with Crippen LogP contribution in [0, 0.1) is 0 Å². The minimum atomic E-state index is 0.288. The molecule has 0 unspecified atom stereocenters. The Morgan fingerprint density at radius 2 is 2.00 bits per heavy atom. The normalized spacial score (nSPS) is 27.9. The fraction of sp³-hybridized carbons (Fsp3) is 1.00. The molecule has 0 spiro atoms. The third-order valence-electron chi connectivity index (χ3n) is 3.69. The van der Waals surface area contributed by atoms with Crippen molar-refractivity contribution in [2.24, 2.45) is 0 Å². The van der Waals surface area contributed by atoms with E-state index in [1.54, 1.807) is 7.11 Å². The zero-order valence-corrected chi connectivity index (χ0v) is 11.8. The van der Waals surface area contributed by atoms with Crippen LogP contribution in [0.2, 0.25) is 0 Å². The topological polar surface area (TPSA) is 15.7 Å². The maximum absolute atomic E-state index is 5.14. The number of methoxy groups -OCH3 is 1. The summed E-state index contributed by atoms with van der Waals surface area (Å²) in [7, 11) is 3.98. The van der Waals surface area contributed by atoms with Crippen LogP contribution in [0.1, 0.15) is 34.1 Å². The third-order valence-corrected chi connectivity index (χ3v) is 3.69. The quantitative estimate of drug-likeness (QED) is 0.730. The van der Waals surface area contributed by atoms with Crippen LogP contribution in [-0.2, 0) is 4.74 Å². The predicted molar refractivity (Wildman–Crippen MR) is 68.8 cm³/mol. The molecule has 0 aromatic heterocycles. The Morgan fingerprint density at radius 1 is 1.38 bits per heavy atom. The molecule has 3 heteroatoms. The van der Waals surface area contributed by atoms with E-state index < -0.39 is 0 Å². The van der Waals surface area contributed by atoms with Gasteiger partial charge in [-0.15, -0.1) is 0 Å². The number of nitrogens with zero attached hydrogens (tertiary/aromatic N) is 2. The highest BCUT2D eigenvalue weighted by Gasteiger charge is 2.36. The Hall–Kier alpha value is -0.120. The smallest absolute Gasteiger partial charge is 0.0589 e. The standard InChI is InChI=1S/C13H28N2O/c1-11-9-12(14(5)7-8-16-6)10-15(11)13(2,3)4/h11-12H,7-10H2,1-6H3/t11-,12-/m1/s1. The molecule has 0 radical (unpaired) electrons. The van der Waals surface area contributed by atoms with Gasteiger partial charge in [0, 0.05) is 37.8 Å².